The number of H-pyrrole nitrogens is 1. The molecule has 0 aliphatic carbocycles. The number of hydrogen-bond acceptors (Lipinski definition) is 2. The normalized spacial score (nSPS) is 10.8. The van der Waals surface area contributed by atoms with Gasteiger partial charge in [-0.3, -0.25) is 5.10 Å². The number of hydrogen-bond donors (Lipinski definition) is 2. The van der Waals surface area contributed by atoms with Gasteiger partial charge in [-0.15, -0.1) is 0 Å². The van der Waals surface area contributed by atoms with Crippen molar-refractivity contribution in [1.82, 2.24) is 15.5 Å². The Morgan fingerprint density at radius 2 is 2.22 bits per heavy atom. The van der Waals surface area contributed by atoms with Crippen LogP contribution in [-0.4, -0.2) is 16.7 Å². The van der Waals surface area contributed by atoms with Crippen LogP contribution in [0.5, 0.6) is 0 Å². The zero-order chi connectivity index (χ0) is 13.0. The average Bonchev–Trinajstić information content (AvgIpc) is 2.78. The Hall–Kier alpha value is -1.39. The number of benzene rings is 1. The van der Waals surface area contributed by atoms with Crippen molar-refractivity contribution in [2.75, 3.05) is 6.54 Å². The standard InChI is InChI=1S/C13H15ClFN3/c1-2-5-16-8-10-7-13(18-17-10)11-4-3-9(15)6-12(11)14/h3-4,6-7,16H,2,5,8H2,1H3,(H,17,18). The molecule has 0 aliphatic rings. The van der Waals surface area contributed by atoms with E-state index in [0.29, 0.717) is 5.02 Å². The molecule has 1 aromatic carbocycles. The van der Waals surface area contributed by atoms with Crippen molar-refractivity contribution in [3.8, 4) is 11.3 Å². The number of aromatic nitrogens is 2. The van der Waals surface area contributed by atoms with Crippen LogP contribution in [0.1, 0.15) is 19.0 Å². The smallest absolute Gasteiger partial charge is 0.124 e. The Labute approximate surface area is 110 Å². The highest BCUT2D eigenvalue weighted by Gasteiger charge is 2.08. The summed E-state index contributed by atoms with van der Waals surface area (Å²) in [6.45, 7) is 3.81. The molecule has 0 aliphatic heterocycles. The third-order valence-corrected chi connectivity index (χ3v) is 2.89. The monoisotopic (exact) mass is 267 g/mol. The maximum atomic E-state index is 13.0. The van der Waals surface area contributed by atoms with Gasteiger partial charge in [0.25, 0.3) is 0 Å². The van der Waals surface area contributed by atoms with Crippen LogP contribution < -0.4 is 5.32 Å². The first kappa shape index (κ1) is 13.1. The summed E-state index contributed by atoms with van der Waals surface area (Å²) in [5.74, 6) is -0.343. The van der Waals surface area contributed by atoms with Crippen molar-refractivity contribution < 1.29 is 4.39 Å². The van der Waals surface area contributed by atoms with Crippen molar-refractivity contribution in [3.05, 3.63) is 40.8 Å². The maximum Gasteiger partial charge on any atom is 0.124 e. The lowest BCUT2D eigenvalue weighted by molar-refractivity contribution is 0.628. The predicted molar refractivity (Wildman–Crippen MR) is 71.0 cm³/mol. The van der Waals surface area contributed by atoms with Gasteiger partial charge in [0.1, 0.15) is 5.82 Å². The van der Waals surface area contributed by atoms with Crippen LogP contribution in [0.4, 0.5) is 4.39 Å². The van der Waals surface area contributed by atoms with Gasteiger partial charge >= 0.3 is 0 Å². The molecular weight excluding hydrogens is 253 g/mol. The zero-order valence-corrected chi connectivity index (χ0v) is 10.9. The fourth-order valence-electron chi connectivity index (χ4n) is 1.69. The van der Waals surface area contributed by atoms with E-state index in [1.807, 2.05) is 6.07 Å². The molecule has 18 heavy (non-hydrogen) atoms. The molecule has 0 bridgehead atoms. The topological polar surface area (TPSA) is 40.7 Å². The molecule has 2 N–H and O–H groups in total. The summed E-state index contributed by atoms with van der Waals surface area (Å²) in [7, 11) is 0. The van der Waals surface area contributed by atoms with Gasteiger partial charge in [-0.25, -0.2) is 4.39 Å². The Balaban J connectivity index is 2.13. The number of rotatable bonds is 5. The summed E-state index contributed by atoms with van der Waals surface area (Å²) >= 11 is 5.99. The minimum absolute atomic E-state index is 0.343. The van der Waals surface area contributed by atoms with Crippen molar-refractivity contribution in [2.45, 2.75) is 19.9 Å². The van der Waals surface area contributed by atoms with Crippen LogP contribution >= 0.6 is 11.6 Å². The lowest BCUT2D eigenvalue weighted by Gasteiger charge is -2.00. The molecule has 0 atom stereocenters. The molecule has 0 unspecified atom stereocenters. The first-order valence-electron chi connectivity index (χ1n) is 5.91. The Bertz CT molecular complexity index is 525. The summed E-state index contributed by atoms with van der Waals surface area (Å²) in [4.78, 5) is 0. The summed E-state index contributed by atoms with van der Waals surface area (Å²) in [5, 5.41) is 10.8. The third kappa shape index (κ3) is 3.09. The van der Waals surface area contributed by atoms with E-state index in [9.17, 15) is 4.39 Å². The van der Waals surface area contributed by atoms with Gasteiger partial charge in [-0.1, -0.05) is 18.5 Å². The van der Waals surface area contributed by atoms with Crippen LogP contribution in [0.25, 0.3) is 11.3 Å². The van der Waals surface area contributed by atoms with Gasteiger partial charge in [0.05, 0.1) is 10.7 Å². The zero-order valence-electron chi connectivity index (χ0n) is 10.1. The highest BCUT2D eigenvalue weighted by Crippen LogP contribution is 2.27. The maximum absolute atomic E-state index is 13.0. The molecule has 0 amide bonds. The van der Waals surface area contributed by atoms with E-state index in [4.69, 9.17) is 11.6 Å². The van der Waals surface area contributed by atoms with E-state index in [0.717, 1.165) is 36.5 Å². The highest BCUT2D eigenvalue weighted by atomic mass is 35.5. The number of nitrogens with zero attached hydrogens (tertiary/aromatic N) is 1. The third-order valence-electron chi connectivity index (χ3n) is 2.58. The minimum Gasteiger partial charge on any atom is -0.311 e. The number of nitrogens with one attached hydrogen (secondary N) is 2. The minimum atomic E-state index is -0.343. The van der Waals surface area contributed by atoms with E-state index >= 15 is 0 Å². The van der Waals surface area contributed by atoms with Crippen LogP contribution in [0.3, 0.4) is 0 Å². The molecule has 0 fully saturated rings. The molecule has 0 spiro atoms. The van der Waals surface area contributed by atoms with Crippen molar-refractivity contribution in [2.24, 2.45) is 0 Å². The Morgan fingerprint density at radius 3 is 2.94 bits per heavy atom. The molecule has 1 heterocycles. The molecule has 2 rings (SSSR count). The van der Waals surface area contributed by atoms with Crippen molar-refractivity contribution in [1.29, 1.82) is 0 Å². The fraction of sp³-hybridized carbons (Fsp3) is 0.308. The van der Waals surface area contributed by atoms with Crippen LogP contribution in [-0.2, 0) is 6.54 Å². The molecule has 5 heteroatoms. The Morgan fingerprint density at radius 1 is 1.39 bits per heavy atom. The summed E-state index contributed by atoms with van der Waals surface area (Å²) in [6.07, 6.45) is 1.09. The molecule has 2 aromatic rings. The van der Waals surface area contributed by atoms with Crippen molar-refractivity contribution >= 4 is 11.6 Å². The van der Waals surface area contributed by atoms with Gasteiger partial charge in [-0.2, -0.15) is 5.10 Å². The lowest BCUT2D eigenvalue weighted by atomic mass is 10.1. The van der Waals surface area contributed by atoms with Gasteiger partial charge < -0.3 is 5.32 Å². The second kappa shape index (κ2) is 5.98. The van der Waals surface area contributed by atoms with E-state index in [2.05, 4.69) is 22.4 Å². The van der Waals surface area contributed by atoms with Gasteiger partial charge in [0.2, 0.25) is 0 Å². The molecule has 3 nitrogen and oxygen atoms in total. The average molecular weight is 268 g/mol. The molecule has 0 radical (unpaired) electrons. The van der Waals surface area contributed by atoms with Gasteiger partial charge in [0, 0.05) is 17.8 Å². The SMILES string of the molecule is CCCNCc1cc(-c2ccc(F)cc2Cl)n[nH]1. The number of halogens is 2. The second-order valence-electron chi connectivity index (χ2n) is 4.08. The summed E-state index contributed by atoms with van der Waals surface area (Å²) < 4.78 is 13.0. The molecule has 96 valence electrons. The van der Waals surface area contributed by atoms with E-state index < -0.39 is 0 Å². The van der Waals surface area contributed by atoms with Crippen LogP contribution in [0.15, 0.2) is 24.3 Å². The van der Waals surface area contributed by atoms with Gasteiger partial charge in [-0.05, 0) is 37.2 Å². The van der Waals surface area contributed by atoms with Gasteiger partial charge in [0.15, 0.2) is 0 Å². The largest absolute Gasteiger partial charge is 0.311 e. The molecule has 0 saturated carbocycles. The molecule has 1 aromatic heterocycles. The first-order valence-corrected chi connectivity index (χ1v) is 6.29. The Kier molecular flexibility index (Phi) is 4.33. The van der Waals surface area contributed by atoms with E-state index in [-0.39, 0.29) is 5.82 Å². The second-order valence-corrected chi connectivity index (χ2v) is 4.49. The van der Waals surface area contributed by atoms with E-state index in [1.165, 1.54) is 12.1 Å². The molecular formula is C13H15ClFN3. The van der Waals surface area contributed by atoms with E-state index in [1.54, 1.807) is 6.07 Å². The molecule has 0 saturated heterocycles. The fourth-order valence-corrected chi connectivity index (χ4v) is 1.95. The quantitative estimate of drug-likeness (QED) is 0.816. The van der Waals surface area contributed by atoms with Crippen molar-refractivity contribution in [3.63, 3.8) is 0 Å². The lowest BCUT2D eigenvalue weighted by Crippen LogP contribution is -2.13. The summed E-state index contributed by atoms with van der Waals surface area (Å²) in [5.41, 5.74) is 2.45. The number of aromatic amines is 1. The highest BCUT2D eigenvalue weighted by molar-refractivity contribution is 6.33. The summed E-state index contributed by atoms with van der Waals surface area (Å²) in [6, 6.07) is 6.23. The predicted octanol–water partition coefficient (Wildman–Crippen LogP) is 3.37. The first-order chi connectivity index (χ1) is 8.70. The van der Waals surface area contributed by atoms with Crippen LogP contribution in [0, 0.1) is 5.82 Å². The van der Waals surface area contributed by atoms with Crippen LogP contribution in [0.2, 0.25) is 5.02 Å².